The van der Waals surface area contributed by atoms with Gasteiger partial charge in [0, 0.05) is 44.9 Å². The van der Waals surface area contributed by atoms with Gasteiger partial charge in [-0.2, -0.15) is 0 Å². The minimum atomic E-state index is -0.815. The molecule has 1 aromatic heterocycles. The Morgan fingerprint density at radius 3 is 2.61 bits per heavy atom. The SMILES string of the molecule is CN(C)c1ncc(-c2ccccc2)c([C@H]2CCCN(C(=O)CC3(O)CCCCC3)C2)n1. The van der Waals surface area contributed by atoms with Crippen molar-refractivity contribution in [3.8, 4) is 11.1 Å². The second kappa shape index (κ2) is 9.35. The highest BCUT2D eigenvalue weighted by molar-refractivity contribution is 5.77. The first kappa shape index (κ1) is 21.8. The molecule has 1 aliphatic carbocycles. The second-order valence-corrected chi connectivity index (χ2v) is 9.37. The lowest BCUT2D eigenvalue weighted by atomic mass is 9.82. The molecule has 1 aliphatic heterocycles. The van der Waals surface area contributed by atoms with Crippen LogP contribution in [0.15, 0.2) is 36.5 Å². The third-order valence-electron chi connectivity index (χ3n) is 6.72. The number of carbonyl (C=O) groups excluding carboxylic acids is 1. The van der Waals surface area contributed by atoms with E-state index in [2.05, 4.69) is 17.1 Å². The highest BCUT2D eigenvalue weighted by atomic mass is 16.3. The predicted octanol–water partition coefficient (Wildman–Crippen LogP) is 4.00. The van der Waals surface area contributed by atoms with E-state index in [-0.39, 0.29) is 18.2 Å². The van der Waals surface area contributed by atoms with Crippen molar-refractivity contribution in [1.82, 2.24) is 14.9 Å². The van der Waals surface area contributed by atoms with E-state index in [9.17, 15) is 9.90 Å². The summed E-state index contributed by atoms with van der Waals surface area (Å²) in [6.45, 7) is 1.41. The van der Waals surface area contributed by atoms with Gasteiger partial charge in [0.2, 0.25) is 11.9 Å². The Bertz CT molecular complexity index is 894. The first-order valence-electron chi connectivity index (χ1n) is 11.5. The normalized spacial score (nSPS) is 21.0. The van der Waals surface area contributed by atoms with Crippen molar-refractivity contribution in [2.45, 2.75) is 62.9 Å². The van der Waals surface area contributed by atoms with Crippen molar-refractivity contribution >= 4 is 11.9 Å². The Balaban J connectivity index is 1.57. The molecule has 166 valence electrons. The molecular weight excluding hydrogens is 388 g/mol. The fraction of sp³-hybridized carbons (Fsp3) is 0.560. The Morgan fingerprint density at radius 1 is 1.16 bits per heavy atom. The fourth-order valence-electron chi connectivity index (χ4n) is 4.96. The fourth-order valence-corrected chi connectivity index (χ4v) is 4.96. The number of hydrogen-bond donors (Lipinski definition) is 1. The first-order valence-corrected chi connectivity index (χ1v) is 11.5. The van der Waals surface area contributed by atoms with Crippen LogP contribution in [0.25, 0.3) is 11.1 Å². The van der Waals surface area contributed by atoms with E-state index in [1.165, 1.54) is 0 Å². The zero-order chi connectivity index (χ0) is 21.8. The van der Waals surface area contributed by atoms with Crippen molar-refractivity contribution in [2.75, 3.05) is 32.1 Å². The number of rotatable bonds is 5. The van der Waals surface area contributed by atoms with Crippen LogP contribution < -0.4 is 4.90 Å². The molecule has 6 nitrogen and oxygen atoms in total. The Hall–Kier alpha value is -2.47. The van der Waals surface area contributed by atoms with E-state index in [0.29, 0.717) is 12.5 Å². The lowest BCUT2D eigenvalue weighted by molar-refractivity contribution is -0.139. The summed E-state index contributed by atoms with van der Waals surface area (Å²) in [5, 5.41) is 10.9. The average Bonchev–Trinajstić information content (AvgIpc) is 2.79. The highest BCUT2D eigenvalue weighted by Gasteiger charge is 2.35. The predicted molar refractivity (Wildman–Crippen MR) is 123 cm³/mol. The summed E-state index contributed by atoms with van der Waals surface area (Å²) in [5.74, 6) is 0.933. The van der Waals surface area contributed by atoms with Crippen molar-refractivity contribution < 1.29 is 9.90 Å². The van der Waals surface area contributed by atoms with E-state index in [4.69, 9.17) is 4.98 Å². The monoisotopic (exact) mass is 422 g/mol. The molecular formula is C25H34N4O2. The molecule has 6 heteroatoms. The van der Waals surface area contributed by atoms with Gasteiger partial charge in [0.25, 0.3) is 0 Å². The number of nitrogens with zero attached hydrogens (tertiary/aromatic N) is 4. The van der Waals surface area contributed by atoms with Gasteiger partial charge in [-0.25, -0.2) is 9.97 Å². The molecule has 1 saturated carbocycles. The van der Waals surface area contributed by atoms with Gasteiger partial charge in [-0.05, 0) is 31.2 Å². The first-order chi connectivity index (χ1) is 15.0. The Kier molecular flexibility index (Phi) is 6.56. The number of likely N-dealkylation sites (tertiary alicyclic amines) is 1. The molecule has 1 amide bonds. The summed E-state index contributed by atoms with van der Waals surface area (Å²) in [7, 11) is 3.89. The molecule has 31 heavy (non-hydrogen) atoms. The van der Waals surface area contributed by atoms with Crippen LogP contribution in [0.4, 0.5) is 5.95 Å². The van der Waals surface area contributed by atoms with E-state index in [1.54, 1.807) is 0 Å². The number of piperidine rings is 1. The van der Waals surface area contributed by atoms with Crippen LogP contribution in [0.2, 0.25) is 0 Å². The number of amides is 1. The number of anilines is 1. The van der Waals surface area contributed by atoms with Gasteiger partial charge < -0.3 is 14.9 Å². The summed E-state index contributed by atoms with van der Waals surface area (Å²) < 4.78 is 0. The van der Waals surface area contributed by atoms with Gasteiger partial charge in [0.15, 0.2) is 0 Å². The van der Waals surface area contributed by atoms with Crippen molar-refractivity contribution in [2.24, 2.45) is 0 Å². The summed E-state index contributed by atoms with van der Waals surface area (Å²) in [5.41, 5.74) is 2.34. The smallest absolute Gasteiger partial charge is 0.225 e. The standard InChI is InChI=1S/C25H34N4O2/c1-28(2)24-26-17-21(19-10-5-3-6-11-19)23(27-24)20-12-9-15-29(18-20)22(30)16-25(31)13-7-4-8-14-25/h3,5-6,10-11,17,20,31H,4,7-9,12-16,18H2,1-2H3/t20-/m0/s1. The highest BCUT2D eigenvalue weighted by Crippen LogP contribution is 2.36. The van der Waals surface area contributed by atoms with Crippen molar-refractivity contribution in [3.05, 3.63) is 42.2 Å². The van der Waals surface area contributed by atoms with E-state index >= 15 is 0 Å². The maximum absolute atomic E-state index is 13.1. The van der Waals surface area contributed by atoms with Crippen LogP contribution in [0, 0.1) is 0 Å². The molecule has 1 aromatic carbocycles. The van der Waals surface area contributed by atoms with Crippen LogP contribution in [-0.4, -0.2) is 58.7 Å². The van der Waals surface area contributed by atoms with Crippen LogP contribution in [0.5, 0.6) is 0 Å². The second-order valence-electron chi connectivity index (χ2n) is 9.37. The third kappa shape index (κ3) is 5.06. The van der Waals surface area contributed by atoms with Crippen LogP contribution in [0.1, 0.15) is 63.0 Å². The van der Waals surface area contributed by atoms with Crippen LogP contribution in [-0.2, 0) is 4.79 Å². The quantitative estimate of drug-likeness (QED) is 0.789. The molecule has 1 saturated heterocycles. The third-order valence-corrected chi connectivity index (χ3v) is 6.72. The lowest BCUT2D eigenvalue weighted by Gasteiger charge is -2.37. The van der Waals surface area contributed by atoms with Gasteiger partial charge in [0.05, 0.1) is 17.7 Å². The van der Waals surface area contributed by atoms with Crippen LogP contribution >= 0.6 is 0 Å². The van der Waals surface area contributed by atoms with Gasteiger partial charge >= 0.3 is 0 Å². The number of benzene rings is 1. The van der Waals surface area contributed by atoms with Gasteiger partial charge in [-0.1, -0.05) is 49.6 Å². The molecule has 1 atom stereocenters. The molecule has 1 N–H and O–H groups in total. The summed E-state index contributed by atoms with van der Waals surface area (Å²) in [6.07, 6.45) is 8.78. The minimum absolute atomic E-state index is 0.0808. The number of aromatic nitrogens is 2. The molecule has 0 radical (unpaired) electrons. The minimum Gasteiger partial charge on any atom is -0.389 e. The van der Waals surface area contributed by atoms with E-state index < -0.39 is 5.60 Å². The summed E-state index contributed by atoms with van der Waals surface area (Å²) >= 11 is 0. The molecule has 0 unspecified atom stereocenters. The molecule has 2 fully saturated rings. The van der Waals surface area contributed by atoms with E-state index in [1.807, 2.05) is 48.3 Å². The Labute approximate surface area is 185 Å². The molecule has 0 spiro atoms. The average molecular weight is 423 g/mol. The topological polar surface area (TPSA) is 69.6 Å². The molecule has 2 aliphatic rings. The largest absolute Gasteiger partial charge is 0.389 e. The number of hydrogen-bond acceptors (Lipinski definition) is 5. The maximum Gasteiger partial charge on any atom is 0.225 e. The zero-order valence-corrected chi connectivity index (χ0v) is 18.8. The molecule has 2 aromatic rings. The van der Waals surface area contributed by atoms with Crippen molar-refractivity contribution in [1.29, 1.82) is 0 Å². The molecule has 2 heterocycles. The van der Waals surface area contributed by atoms with E-state index in [0.717, 1.165) is 68.3 Å². The number of aliphatic hydroxyl groups is 1. The summed E-state index contributed by atoms with van der Waals surface area (Å²) in [6, 6.07) is 10.2. The zero-order valence-electron chi connectivity index (χ0n) is 18.8. The van der Waals surface area contributed by atoms with Gasteiger partial charge in [0.1, 0.15) is 0 Å². The molecule has 0 bridgehead atoms. The van der Waals surface area contributed by atoms with Gasteiger partial charge in [-0.3, -0.25) is 4.79 Å². The van der Waals surface area contributed by atoms with Crippen molar-refractivity contribution in [3.63, 3.8) is 0 Å². The maximum atomic E-state index is 13.1. The van der Waals surface area contributed by atoms with Crippen LogP contribution in [0.3, 0.4) is 0 Å². The number of carbonyl (C=O) groups is 1. The Morgan fingerprint density at radius 2 is 1.90 bits per heavy atom. The lowest BCUT2D eigenvalue weighted by Crippen LogP contribution is -2.44. The van der Waals surface area contributed by atoms with Gasteiger partial charge in [-0.15, -0.1) is 0 Å². The molecule has 4 rings (SSSR count). The summed E-state index contributed by atoms with van der Waals surface area (Å²) in [4.78, 5) is 26.4.